The molecule has 0 bridgehead atoms. The second kappa shape index (κ2) is 9.53. The van der Waals surface area contributed by atoms with Crippen LogP contribution in [0.1, 0.15) is 58.2 Å². The van der Waals surface area contributed by atoms with Crippen LogP contribution < -0.4 is 4.74 Å². The summed E-state index contributed by atoms with van der Waals surface area (Å²) in [6.45, 7) is 13.4. The number of fused-ring (bicyclic) bond motifs is 2. The summed E-state index contributed by atoms with van der Waals surface area (Å²) in [4.78, 5) is 0. The van der Waals surface area contributed by atoms with Crippen molar-refractivity contribution in [2.75, 3.05) is 0 Å². The second-order valence-electron chi connectivity index (χ2n) is 10.8. The van der Waals surface area contributed by atoms with Gasteiger partial charge in [-0.1, -0.05) is 71.9 Å². The summed E-state index contributed by atoms with van der Waals surface area (Å²) in [5.41, 5.74) is 4.97. The third kappa shape index (κ3) is 5.37. The van der Waals surface area contributed by atoms with Crippen LogP contribution in [0.25, 0.3) is 21.9 Å². The molecule has 0 atom stereocenters. The third-order valence-electron chi connectivity index (χ3n) is 5.95. The molecule has 4 heteroatoms. The molecule has 0 fully saturated rings. The highest BCUT2D eigenvalue weighted by Crippen LogP contribution is 2.39. The number of furan rings is 2. The van der Waals surface area contributed by atoms with Crippen molar-refractivity contribution in [3.8, 4) is 11.5 Å². The van der Waals surface area contributed by atoms with Gasteiger partial charge in [0, 0.05) is 21.9 Å². The zero-order valence-electron chi connectivity index (χ0n) is 21.4. The molecule has 0 amide bonds. The van der Waals surface area contributed by atoms with Crippen LogP contribution in [0.2, 0.25) is 0 Å². The standard InChI is InChI=1S/C19H20O2.C12H14O2/c1-19(2,3)18-15-11-12-20-16(15)9-10-17(18)21-13-14-7-5-4-6-8-14;1-12(2,3)11-8-6-7-14-10(8)5-4-9(11)13/h4-12H,13H2,1-3H3;4-7,13H,1-3H3. The summed E-state index contributed by atoms with van der Waals surface area (Å²) >= 11 is 0. The van der Waals surface area contributed by atoms with Crippen LogP contribution in [0, 0.1) is 0 Å². The molecule has 0 spiro atoms. The predicted molar refractivity (Wildman–Crippen MR) is 142 cm³/mol. The van der Waals surface area contributed by atoms with Crippen molar-refractivity contribution in [1.29, 1.82) is 0 Å². The van der Waals surface area contributed by atoms with Gasteiger partial charge in [-0.05, 0) is 52.8 Å². The van der Waals surface area contributed by atoms with Gasteiger partial charge in [0.05, 0.1) is 12.5 Å². The summed E-state index contributed by atoms with van der Waals surface area (Å²) in [5.74, 6) is 1.27. The van der Waals surface area contributed by atoms with Gasteiger partial charge in [-0.3, -0.25) is 0 Å². The molecule has 182 valence electrons. The molecule has 4 nitrogen and oxygen atoms in total. The topological polar surface area (TPSA) is 55.7 Å². The Morgan fingerprint density at radius 1 is 0.657 bits per heavy atom. The Morgan fingerprint density at radius 3 is 1.77 bits per heavy atom. The Bertz CT molecular complexity index is 1410. The number of hydrogen-bond acceptors (Lipinski definition) is 4. The minimum atomic E-state index is -0.0759. The van der Waals surface area contributed by atoms with Gasteiger partial charge in [-0.25, -0.2) is 0 Å². The minimum Gasteiger partial charge on any atom is -0.508 e. The Morgan fingerprint density at radius 2 is 1.20 bits per heavy atom. The van der Waals surface area contributed by atoms with E-state index in [0.29, 0.717) is 12.4 Å². The largest absolute Gasteiger partial charge is 0.508 e. The molecule has 0 saturated heterocycles. The summed E-state index contributed by atoms with van der Waals surface area (Å²) in [6, 6.07) is 21.6. The van der Waals surface area contributed by atoms with Crippen molar-refractivity contribution in [3.05, 3.63) is 95.9 Å². The van der Waals surface area contributed by atoms with Crippen molar-refractivity contribution in [3.63, 3.8) is 0 Å². The SMILES string of the molecule is CC(C)(C)c1c(O)ccc2occc12.CC(C)(C)c1c(OCc2ccccc2)ccc2occc12. The smallest absolute Gasteiger partial charge is 0.134 e. The maximum absolute atomic E-state index is 9.82. The molecular weight excluding hydrogens is 436 g/mol. The average molecular weight is 471 g/mol. The van der Waals surface area contributed by atoms with E-state index in [1.165, 1.54) is 11.1 Å². The zero-order chi connectivity index (χ0) is 25.2. The van der Waals surface area contributed by atoms with E-state index in [2.05, 4.69) is 53.7 Å². The van der Waals surface area contributed by atoms with Gasteiger partial charge in [0.25, 0.3) is 0 Å². The van der Waals surface area contributed by atoms with Crippen LogP contribution >= 0.6 is 0 Å². The molecular formula is C31H34O4. The van der Waals surface area contributed by atoms with E-state index in [0.717, 1.165) is 33.3 Å². The number of ether oxygens (including phenoxy) is 1. The first-order valence-corrected chi connectivity index (χ1v) is 11.9. The minimum absolute atomic E-state index is 0.00456. The Hall–Kier alpha value is -3.66. The summed E-state index contributed by atoms with van der Waals surface area (Å²) < 4.78 is 16.9. The second-order valence-corrected chi connectivity index (χ2v) is 10.8. The zero-order valence-corrected chi connectivity index (χ0v) is 21.4. The molecule has 0 unspecified atom stereocenters. The highest BCUT2D eigenvalue weighted by molar-refractivity contribution is 5.85. The third-order valence-corrected chi connectivity index (χ3v) is 5.95. The fraction of sp³-hybridized carbons (Fsp3) is 0.290. The predicted octanol–water partition coefficient (Wildman–Crippen LogP) is 8.75. The first-order valence-electron chi connectivity index (χ1n) is 11.9. The van der Waals surface area contributed by atoms with Crippen LogP contribution in [0.5, 0.6) is 11.5 Å². The molecule has 5 rings (SSSR count). The highest BCUT2D eigenvalue weighted by atomic mass is 16.5. The maximum Gasteiger partial charge on any atom is 0.134 e. The van der Waals surface area contributed by atoms with E-state index in [4.69, 9.17) is 13.6 Å². The molecule has 0 saturated carbocycles. The average Bonchev–Trinajstić information content (AvgIpc) is 3.45. The van der Waals surface area contributed by atoms with Gasteiger partial charge in [-0.2, -0.15) is 0 Å². The van der Waals surface area contributed by atoms with E-state index in [1.54, 1.807) is 24.7 Å². The van der Waals surface area contributed by atoms with Crippen LogP contribution in [0.3, 0.4) is 0 Å². The van der Waals surface area contributed by atoms with E-state index >= 15 is 0 Å². The number of rotatable bonds is 3. The van der Waals surface area contributed by atoms with Crippen LogP contribution in [0.4, 0.5) is 0 Å². The van der Waals surface area contributed by atoms with Gasteiger partial charge in [-0.15, -0.1) is 0 Å². The van der Waals surface area contributed by atoms with Crippen LogP contribution in [-0.4, -0.2) is 5.11 Å². The highest BCUT2D eigenvalue weighted by Gasteiger charge is 2.23. The number of phenols is 1. The van der Waals surface area contributed by atoms with Gasteiger partial charge < -0.3 is 18.7 Å². The molecule has 3 aromatic carbocycles. The maximum atomic E-state index is 9.82. The molecule has 1 N–H and O–H groups in total. The molecule has 0 aliphatic rings. The number of hydrogen-bond donors (Lipinski definition) is 1. The molecule has 35 heavy (non-hydrogen) atoms. The summed E-state index contributed by atoms with van der Waals surface area (Å²) in [6.07, 6.45) is 3.39. The van der Waals surface area contributed by atoms with Gasteiger partial charge in [0.15, 0.2) is 0 Å². The lowest BCUT2D eigenvalue weighted by Gasteiger charge is -2.23. The molecule has 5 aromatic rings. The Labute approximate surface area is 207 Å². The molecule has 2 aromatic heterocycles. The van der Waals surface area contributed by atoms with E-state index in [9.17, 15) is 5.11 Å². The quantitative estimate of drug-likeness (QED) is 0.286. The first kappa shape index (κ1) is 24.5. The lowest BCUT2D eigenvalue weighted by atomic mass is 9.84. The van der Waals surface area contributed by atoms with Crippen molar-refractivity contribution >= 4 is 21.9 Å². The summed E-state index contributed by atoms with van der Waals surface area (Å²) in [7, 11) is 0. The number of benzene rings is 3. The lowest BCUT2D eigenvalue weighted by Crippen LogP contribution is -2.14. The van der Waals surface area contributed by atoms with Gasteiger partial charge >= 0.3 is 0 Å². The fourth-order valence-corrected chi connectivity index (χ4v) is 4.47. The number of phenolic OH excluding ortho intramolecular Hbond substituents is 1. The fourth-order valence-electron chi connectivity index (χ4n) is 4.47. The lowest BCUT2D eigenvalue weighted by molar-refractivity contribution is 0.298. The van der Waals surface area contributed by atoms with E-state index < -0.39 is 0 Å². The van der Waals surface area contributed by atoms with Crippen molar-refractivity contribution in [1.82, 2.24) is 0 Å². The molecule has 2 heterocycles. The molecule has 0 radical (unpaired) electrons. The van der Waals surface area contributed by atoms with Crippen LogP contribution in [-0.2, 0) is 17.4 Å². The monoisotopic (exact) mass is 470 g/mol. The number of aromatic hydroxyl groups is 1. The molecule has 0 aliphatic carbocycles. The van der Waals surface area contributed by atoms with Gasteiger partial charge in [0.2, 0.25) is 0 Å². The normalized spacial score (nSPS) is 11.9. The molecule has 0 aliphatic heterocycles. The Balaban J connectivity index is 0.000000179. The van der Waals surface area contributed by atoms with E-state index in [1.807, 2.05) is 42.5 Å². The van der Waals surface area contributed by atoms with Crippen LogP contribution in [0.15, 0.2) is 88.1 Å². The van der Waals surface area contributed by atoms with E-state index in [-0.39, 0.29) is 10.8 Å². The Kier molecular flexibility index (Phi) is 6.66. The van der Waals surface area contributed by atoms with Crippen molar-refractivity contribution in [2.45, 2.75) is 59.0 Å². The van der Waals surface area contributed by atoms with Gasteiger partial charge in [0.1, 0.15) is 29.3 Å². The first-order chi connectivity index (χ1) is 16.6. The summed E-state index contributed by atoms with van der Waals surface area (Å²) in [5, 5.41) is 12.0. The van der Waals surface area contributed by atoms with Crippen molar-refractivity contribution in [2.24, 2.45) is 0 Å². The van der Waals surface area contributed by atoms with Crippen molar-refractivity contribution < 1.29 is 18.7 Å².